The molecule has 100 valence electrons. The van der Waals surface area contributed by atoms with Crippen LogP contribution in [0.1, 0.15) is 5.56 Å². The van der Waals surface area contributed by atoms with Gasteiger partial charge in [-0.15, -0.1) is 5.11 Å². The number of aryl methyl sites for hydroxylation is 1. The van der Waals surface area contributed by atoms with Gasteiger partial charge in [-0.05, 0) is 30.7 Å². The van der Waals surface area contributed by atoms with E-state index in [-0.39, 0.29) is 36.1 Å². The number of hydrogen-bond donors (Lipinski definition) is 0. The maximum absolute atomic E-state index is 10.4. The Hall–Kier alpha value is -0.180. The predicted octanol–water partition coefficient (Wildman–Crippen LogP) is -0.872. The molecule has 0 aromatic heterocycles. The first-order valence-corrected chi connectivity index (χ1v) is 7.06. The van der Waals surface area contributed by atoms with Gasteiger partial charge in [0.25, 0.3) is 0 Å². The third-order valence-electron chi connectivity index (χ3n) is 2.13. The summed E-state index contributed by atoms with van der Waals surface area (Å²) in [7, 11) is -2.69. The van der Waals surface area contributed by atoms with Crippen molar-refractivity contribution in [2.75, 3.05) is 19.3 Å². The van der Waals surface area contributed by atoms with Crippen molar-refractivity contribution in [3.63, 3.8) is 0 Å². The number of rotatable bonds is 5. The molecular weight excluding hydrogens is 301 g/mol. The molecule has 0 radical (unpaired) electrons. The largest absolute Gasteiger partial charge is 1.00 e. The number of halogens is 1. The molecule has 0 aliphatic rings. The summed E-state index contributed by atoms with van der Waals surface area (Å²) >= 11 is 5.80. The second kappa shape index (κ2) is 8.18. The summed E-state index contributed by atoms with van der Waals surface area (Å²) in [5.74, 6) is -0.498. The SMILES string of the molecule is Cc1cc(Cl)ccc1N=NN(C)CCS(=O)(=O)[O-].[Na+]. The van der Waals surface area contributed by atoms with Crippen molar-refractivity contribution >= 4 is 27.4 Å². The topological polar surface area (TPSA) is 85.2 Å². The molecule has 0 spiro atoms. The van der Waals surface area contributed by atoms with Crippen molar-refractivity contribution in [2.45, 2.75) is 6.92 Å². The predicted molar refractivity (Wildman–Crippen MR) is 67.9 cm³/mol. The van der Waals surface area contributed by atoms with Gasteiger partial charge in [0.1, 0.15) is 0 Å². The third kappa shape index (κ3) is 7.86. The second-order valence-electron chi connectivity index (χ2n) is 3.76. The molecular formula is C10H13ClN3NaO3S. The summed E-state index contributed by atoms with van der Waals surface area (Å²) in [6.07, 6.45) is 0. The van der Waals surface area contributed by atoms with Gasteiger partial charge in [0.05, 0.1) is 28.1 Å². The van der Waals surface area contributed by atoms with E-state index < -0.39 is 15.9 Å². The monoisotopic (exact) mass is 313 g/mol. The molecule has 0 heterocycles. The van der Waals surface area contributed by atoms with Crippen LogP contribution < -0.4 is 29.6 Å². The van der Waals surface area contributed by atoms with Crippen molar-refractivity contribution in [2.24, 2.45) is 10.3 Å². The number of nitrogens with zero attached hydrogens (tertiary/aromatic N) is 3. The van der Waals surface area contributed by atoms with Gasteiger partial charge in [0, 0.05) is 12.1 Å². The Morgan fingerprint density at radius 3 is 2.58 bits per heavy atom. The van der Waals surface area contributed by atoms with Gasteiger partial charge in [-0.25, -0.2) is 8.42 Å². The van der Waals surface area contributed by atoms with E-state index in [1.807, 2.05) is 6.92 Å². The smallest absolute Gasteiger partial charge is 0.748 e. The van der Waals surface area contributed by atoms with Crippen LogP contribution in [0.2, 0.25) is 5.02 Å². The van der Waals surface area contributed by atoms with Gasteiger partial charge in [0.2, 0.25) is 0 Å². The van der Waals surface area contributed by atoms with Crippen LogP contribution in [0.3, 0.4) is 0 Å². The van der Waals surface area contributed by atoms with Gasteiger partial charge < -0.3 is 4.55 Å². The maximum Gasteiger partial charge on any atom is 1.00 e. The average molecular weight is 314 g/mol. The van der Waals surface area contributed by atoms with Gasteiger partial charge in [-0.3, -0.25) is 5.01 Å². The van der Waals surface area contributed by atoms with E-state index in [4.69, 9.17) is 11.6 Å². The summed E-state index contributed by atoms with van der Waals surface area (Å²) in [5, 5.41) is 9.65. The van der Waals surface area contributed by atoms with E-state index in [0.29, 0.717) is 10.7 Å². The normalized spacial score (nSPS) is 11.4. The van der Waals surface area contributed by atoms with Crippen LogP contribution in [0.15, 0.2) is 28.5 Å². The Labute approximate surface area is 139 Å². The fraction of sp³-hybridized carbons (Fsp3) is 0.400. The summed E-state index contributed by atoms with van der Waals surface area (Å²) in [4.78, 5) is 0. The summed E-state index contributed by atoms with van der Waals surface area (Å²) in [6, 6.07) is 5.14. The zero-order chi connectivity index (χ0) is 13.8. The average Bonchev–Trinajstić information content (AvgIpc) is 2.24. The van der Waals surface area contributed by atoms with Crippen LogP contribution >= 0.6 is 11.6 Å². The number of benzene rings is 1. The Morgan fingerprint density at radius 1 is 1.42 bits per heavy atom. The summed E-state index contributed by atoms with van der Waals surface area (Å²) < 4.78 is 31.3. The molecule has 0 unspecified atom stereocenters. The van der Waals surface area contributed by atoms with Gasteiger partial charge in [0.15, 0.2) is 0 Å². The second-order valence-corrected chi connectivity index (χ2v) is 5.72. The first kappa shape index (κ1) is 18.8. The van der Waals surface area contributed by atoms with Crippen LogP contribution in [0.5, 0.6) is 0 Å². The minimum Gasteiger partial charge on any atom is -0.748 e. The van der Waals surface area contributed by atoms with Crippen LogP contribution in [-0.4, -0.2) is 37.3 Å². The molecule has 0 atom stereocenters. The molecule has 0 fully saturated rings. The first-order valence-electron chi connectivity index (χ1n) is 5.10. The van der Waals surface area contributed by atoms with E-state index in [1.54, 1.807) is 25.2 Å². The van der Waals surface area contributed by atoms with Crippen molar-refractivity contribution in [3.8, 4) is 0 Å². The van der Waals surface area contributed by atoms with Crippen molar-refractivity contribution in [3.05, 3.63) is 28.8 Å². The van der Waals surface area contributed by atoms with E-state index in [2.05, 4.69) is 10.3 Å². The molecule has 0 saturated heterocycles. The third-order valence-corrected chi connectivity index (χ3v) is 3.05. The van der Waals surface area contributed by atoms with Gasteiger partial charge in [-0.1, -0.05) is 16.8 Å². The molecule has 0 bridgehead atoms. The zero-order valence-electron chi connectivity index (χ0n) is 11.0. The van der Waals surface area contributed by atoms with Gasteiger partial charge >= 0.3 is 29.6 Å². The van der Waals surface area contributed by atoms with Crippen LogP contribution in [0.4, 0.5) is 5.69 Å². The molecule has 19 heavy (non-hydrogen) atoms. The maximum atomic E-state index is 10.4. The number of hydrogen-bond acceptors (Lipinski definition) is 5. The zero-order valence-corrected chi connectivity index (χ0v) is 14.6. The summed E-state index contributed by atoms with van der Waals surface area (Å²) in [5.41, 5.74) is 1.49. The van der Waals surface area contributed by atoms with Crippen molar-refractivity contribution in [1.29, 1.82) is 0 Å². The molecule has 0 aliphatic carbocycles. The molecule has 0 saturated carbocycles. The standard InChI is InChI=1S/C10H14ClN3O3S.Na/c1-8-7-9(11)3-4-10(8)12-13-14(2)5-6-18(15,16)17;/h3-4,7H,5-6H2,1-2H3,(H,15,16,17);/q;+1/p-1. The first-order chi connectivity index (χ1) is 8.28. The molecule has 1 rings (SSSR count). The molecule has 1 aromatic rings. The molecule has 0 aliphatic heterocycles. The van der Waals surface area contributed by atoms with Crippen molar-refractivity contribution in [1.82, 2.24) is 5.01 Å². The van der Waals surface area contributed by atoms with Crippen LogP contribution in [0, 0.1) is 6.92 Å². The molecule has 0 N–H and O–H groups in total. The fourth-order valence-electron chi connectivity index (χ4n) is 1.14. The van der Waals surface area contributed by atoms with E-state index >= 15 is 0 Å². The van der Waals surface area contributed by atoms with Gasteiger partial charge in [-0.2, -0.15) is 0 Å². The van der Waals surface area contributed by atoms with Crippen LogP contribution in [0.25, 0.3) is 0 Å². The fourth-order valence-corrected chi connectivity index (χ4v) is 1.86. The quantitative estimate of drug-likeness (QED) is 0.306. The molecule has 6 nitrogen and oxygen atoms in total. The Morgan fingerprint density at radius 2 is 2.05 bits per heavy atom. The summed E-state index contributed by atoms with van der Waals surface area (Å²) in [6.45, 7) is 1.84. The van der Waals surface area contributed by atoms with E-state index in [9.17, 15) is 13.0 Å². The molecule has 0 amide bonds. The van der Waals surface area contributed by atoms with Crippen LogP contribution in [-0.2, 0) is 10.1 Å². The molecule has 1 aromatic carbocycles. The minimum absolute atomic E-state index is 0. The van der Waals surface area contributed by atoms with E-state index in [0.717, 1.165) is 5.56 Å². The molecule has 9 heteroatoms. The Bertz CT molecular complexity index is 551. The Balaban J connectivity index is 0.00000324. The van der Waals surface area contributed by atoms with E-state index in [1.165, 1.54) is 5.01 Å². The van der Waals surface area contributed by atoms with Crippen molar-refractivity contribution < 1.29 is 42.5 Å². The Kier molecular flexibility index (Phi) is 8.11. The minimum atomic E-state index is -4.23.